The van der Waals surface area contributed by atoms with E-state index in [0.29, 0.717) is 0 Å². The van der Waals surface area contributed by atoms with Gasteiger partial charge in [-0.3, -0.25) is 4.98 Å². The number of pyridine rings is 1. The van der Waals surface area contributed by atoms with E-state index in [0.717, 1.165) is 5.56 Å². The number of hydrogen-bond donors (Lipinski definition) is 0. The summed E-state index contributed by atoms with van der Waals surface area (Å²) in [7, 11) is 0. The zero-order valence-corrected chi connectivity index (χ0v) is 4.98. The van der Waals surface area contributed by atoms with Gasteiger partial charge < -0.3 is 0 Å². The lowest BCUT2D eigenvalue weighted by Gasteiger charge is -1.82. The molecule has 8 heavy (non-hydrogen) atoms. The zero-order valence-electron chi connectivity index (χ0n) is 4.16. The smallest absolute Gasteiger partial charge is 0.0652 e. The maximum absolute atomic E-state index is 4.53. The molecule has 0 saturated heterocycles. The molecule has 0 aliphatic heterocycles. The summed E-state index contributed by atoms with van der Waals surface area (Å²) in [6, 6.07) is 3.69. The minimum atomic E-state index is 0.863. The van der Waals surface area contributed by atoms with Gasteiger partial charge in [-0.1, -0.05) is 18.3 Å². The summed E-state index contributed by atoms with van der Waals surface area (Å²) in [5.74, 6) is 0. The number of thiocarbonyl (C=S) groups is 1. The molecule has 1 heterocycles. The van der Waals surface area contributed by atoms with Gasteiger partial charge >= 0.3 is 0 Å². The first kappa shape index (κ1) is 5.38. The van der Waals surface area contributed by atoms with E-state index in [4.69, 9.17) is 0 Å². The van der Waals surface area contributed by atoms with Gasteiger partial charge in [-0.25, -0.2) is 0 Å². The molecule has 0 fully saturated rings. The summed E-state index contributed by atoms with van der Waals surface area (Å²) < 4.78 is 0. The normalized spacial score (nSPS) is 8.50. The highest BCUT2D eigenvalue weighted by atomic mass is 32.1. The topological polar surface area (TPSA) is 12.9 Å². The van der Waals surface area contributed by atoms with Gasteiger partial charge in [-0.2, -0.15) is 0 Å². The Morgan fingerprint density at radius 3 is 2.88 bits per heavy atom. The highest BCUT2D eigenvalue weighted by Crippen LogP contribution is 1.88. The molecule has 0 aliphatic rings. The lowest BCUT2D eigenvalue weighted by Crippen LogP contribution is -1.76. The molecule has 2 heteroatoms. The van der Waals surface area contributed by atoms with E-state index in [1.54, 1.807) is 12.4 Å². The van der Waals surface area contributed by atoms with Crippen LogP contribution in [0.4, 0.5) is 0 Å². The molecule has 0 atom stereocenters. The van der Waals surface area contributed by atoms with E-state index in [1.165, 1.54) is 0 Å². The fraction of sp³-hybridized carbons (Fsp3) is 0. The Morgan fingerprint density at radius 2 is 2.50 bits per heavy atom. The van der Waals surface area contributed by atoms with Crippen molar-refractivity contribution in [3.63, 3.8) is 0 Å². The van der Waals surface area contributed by atoms with Crippen LogP contribution in [-0.2, 0) is 0 Å². The van der Waals surface area contributed by atoms with Crippen LogP contribution in [0.25, 0.3) is 0 Å². The lowest BCUT2D eigenvalue weighted by atomic mass is 10.3. The van der Waals surface area contributed by atoms with Crippen molar-refractivity contribution in [1.29, 1.82) is 0 Å². The summed E-state index contributed by atoms with van der Waals surface area (Å²) in [4.78, 5) is 3.83. The summed E-state index contributed by atoms with van der Waals surface area (Å²) in [6.45, 7) is 0. The highest BCUT2D eigenvalue weighted by molar-refractivity contribution is 7.79. The third-order valence-electron chi connectivity index (χ3n) is 0.779. The Kier molecular flexibility index (Phi) is 1.70. The van der Waals surface area contributed by atoms with Gasteiger partial charge in [0.2, 0.25) is 0 Å². The van der Waals surface area contributed by atoms with E-state index >= 15 is 0 Å². The lowest BCUT2D eigenvalue weighted by molar-refractivity contribution is 1.32. The minimum absolute atomic E-state index is 0.863. The third kappa shape index (κ3) is 1.10. The maximum atomic E-state index is 4.53. The fourth-order valence-electron chi connectivity index (χ4n) is 0.423. The summed E-state index contributed by atoms with van der Waals surface area (Å²) in [5.41, 5.74) is 0.863. The van der Waals surface area contributed by atoms with Gasteiger partial charge in [0.1, 0.15) is 0 Å². The van der Waals surface area contributed by atoms with Crippen molar-refractivity contribution in [1.82, 2.24) is 4.98 Å². The summed E-state index contributed by atoms with van der Waals surface area (Å²) >= 11 is 4.53. The van der Waals surface area contributed by atoms with Crippen molar-refractivity contribution in [2.45, 2.75) is 0 Å². The maximum Gasteiger partial charge on any atom is 0.0652 e. The van der Waals surface area contributed by atoms with Crippen molar-refractivity contribution in [2.75, 3.05) is 0 Å². The van der Waals surface area contributed by atoms with Crippen LogP contribution in [-0.4, -0.2) is 10.4 Å². The second-order valence-corrected chi connectivity index (χ2v) is 1.55. The van der Waals surface area contributed by atoms with E-state index in [1.807, 2.05) is 12.1 Å². The van der Waals surface area contributed by atoms with Gasteiger partial charge in [-0.15, -0.1) is 0 Å². The molecule has 1 aromatic rings. The number of aromatic nitrogens is 1. The molecule has 0 unspecified atom stereocenters. The first-order valence-corrected chi connectivity index (χ1v) is 2.62. The molecule has 1 radical (unpaired) electrons. The Labute approximate surface area is 53.4 Å². The van der Waals surface area contributed by atoms with Crippen LogP contribution in [0, 0.1) is 0 Å². The Morgan fingerprint density at radius 1 is 1.62 bits per heavy atom. The molecule has 1 rings (SSSR count). The van der Waals surface area contributed by atoms with Crippen molar-refractivity contribution in [3.05, 3.63) is 30.1 Å². The SMILES string of the molecule is S=[C]c1cccnc1. The van der Waals surface area contributed by atoms with Crippen LogP contribution in [0.2, 0.25) is 0 Å². The van der Waals surface area contributed by atoms with Crippen molar-refractivity contribution >= 4 is 17.6 Å². The Hall–Kier alpha value is -0.760. The van der Waals surface area contributed by atoms with Crippen molar-refractivity contribution < 1.29 is 0 Å². The molecule has 0 spiro atoms. The molecular weight excluding hydrogens is 118 g/mol. The van der Waals surface area contributed by atoms with Crippen LogP contribution in [0.5, 0.6) is 0 Å². The van der Waals surface area contributed by atoms with Crippen LogP contribution < -0.4 is 0 Å². The van der Waals surface area contributed by atoms with Crippen molar-refractivity contribution in [3.8, 4) is 0 Å². The monoisotopic (exact) mass is 122 g/mol. The fourth-order valence-corrected chi connectivity index (χ4v) is 0.544. The van der Waals surface area contributed by atoms with Crippen LogP contribution >= 0.6 is 12.2 Å². The first-order valence-electron chi connectivity index (χ1n) is 2.21. The number of hydrogen-bond acceptors (Lipinski definition) is 2. The summed E-state index contributed by atoms with van der Waals surface area (Å²) in [6.07, 6.45) is 3.38. The standard InChI is InChI=1S/C6H4NS/c8-5-6-2-1-3-7-4-6/h1-4H. The van der Waals surface area contributed by atoms with Gasteiger partial charge in [0.25, 0.3) is 0 Å². The molecule has 0 N–H and O–H groups in total. The van der Waals surface area contributed by atoms with E-state index in [2.05, 4.69) is 22.6 Å². The molecule has 0 aromatic carbocycles. The zero-order chi connectivity index (χ0) is 5.82. The van der Waals surface area contributed by atoms with Crippen molar-refractivity contribution in [2.24, 2.45) is 0 Å². The van der Waals surface area contributed by atoms with Gasteiger partial charge in [0.05, 0.1) is 5.37 Å². The van der Waals surface area contributed by atoms with Gasteiger partial charge in [0.15, 0.2) is 0 Å². The number of rotatable bonds is 1. The van der Waals surface area contributed by atoms with Gasteiger partial charge in [-0.05, 0) is 6.07 Å². The van der Waals surface area contributed by atoms with E-state index in [9.17, 15) is 0 Å². The van der Waals surface area contributed by atoms with Gasteiger partial charge in [0, 0.05) is 18.0 Å². The van der Waals surface area contributed by atoms with Crippen LogP contribution in [0.15, 0.2) is 24.5 Å². The molecular formula is C6H4NS. The van der Waals surface area contributed by atoms with E-state index in [-0.39, 0.29) is 0 Å². The quantitative estimate of drug-likeness (QED) is 0.521. The third-order valence-corrected chi connectivity index (χ3v) is 1.02. The average molecular weight is 122 g/mol. The predicted molar refractivity (Wildman–Crippen MR) is 35.9 cm³/mol. The largest absolute Gasteiger partial charge is 0.264 e. The highest BCUT2D eigenvalue weighted by Gasteiger charge is 1.79. The van der Waals surface area contributed by atoms with Crippen LogP contribution in [0.1, 0.15) is 5.56 Å². The first-order chi connectivity index (χ1) is 3.93. The predicted octanol–water partition coefficient (Wildman–Crippen LogP) is 1.31. The molecule has 1 nitrogen and oxygen atoms in total. The Bertz CT molecular complexity index is 171. The molecule has 0 aliphatic carbocycles. The number of nitrogens with zero attached hydrogens (tertiary/aromatic N) is 1. The molecule has 0 bridgehead atoms. The minimum Gasteiger partial charge on any atom is -0.264 e. The summed E-state index contributed by atoms with van der Waals surface area (Å²) in [5, 5.41) is 2.55. The Balaban J connectivity index is 2.99. The molecule has 0 amide bonds. The molecule has 39 valence electrons. The molecule has 0 saturated carbocycles. The van der Waals surface area contributed by atoms with Crippen LogP contribution in [0.3, 0.4) is 0 Å². The second-order valence-electron chi connectivity index (χ2n) is 1.34. The molecule has 1 aromatic heterocycles. The second kappa shape index (κ2) is 2.52. The average Bonchev–Trinajstić information content (AvgIpc) is 1.90. The van der Waals surface area contributed by atoms with E-state index < -0.39 is 0 Å².